The SMILES string of the molecule is Cc1nccc(C(NN)c2nccn2C)n1. The van der Waals surface area contributed by atoms with Crippen molar-refractivity contribution in [2.24, 2.45) is 12.9 Å². The van der Waals surface area contributed by atoms with Gasteiger partial charge in [0.05, 0.1) is 5.69 Å². The Morgan fingerprint density at radius 2 is 2.19 bits per heavy atom. The third-order valence-electron chi connectivity index (χ3n) is 2.38. The van der Waals surface area contributed by atoms with Gasteiger partial charge in [0, 0.05) is 25.6 Å². The summed E-state index contributed by atoms with van der Waals surface area (Å²) in [6.07, 6.45) is 5.31. The van der Waals surface area contributed by atoms with Gasteiger partial charge in [0.25, 0.3) is 0 Å². The quantitative estimate of drug-likeness (QED) is 0.563. The Bertz CT molecular complexity index is 478. The molecular formula is C10H14N6. The fraction of sp³-hybridized carbons (Fsp3) is 0.300. The van der Waals surface area contributed by atoms with E-state index in [0.717, 1.165) is 11.5 Å². The van der Waals surface area contributed by atoms with Gasteiger partial charge in [-0.1, -0.05) is 0 Å². The second kappa shape index (κ2) is 4.38. The molecule has 0 amide bonds. The van der Waals surface area contributed by atoms with Gasteiger partial charge in [-0.15, -0.1) is 0 Å². The summed E-state index contributed by atoms with van der Waals surface area (Å²) in [5.74, 6) is 7.09. The molecule has 0 aromatic carbocycles. The van der Waals surface area contributed by atoms with Crippen LogP contribution in [-0.4, -0.2) is 19.5 Å². The van der Waals surface area contributed by atoms with Gasteiger partial charge in [-0.3, -0.25) is 5.84 Å². The summed E-state index contributed by atoms with van der Waals surface area (Å²) in [5, 5.41) is 0. The van der Waals surface area contributed by atoms with Gasteiger partial charge in [0.15, 0.2) is 0 Å². The molecule has 16 heavy (non-hydrogen) atoms. The second-order valence-electron chi connectivity index (χ2n) is 3.52. The van der Waals surface area contributed by atoms with Crippen LogP contribution in [0.3, 0.4) is 0 Å². The molecule has 1 unspecified atom stereocenters. The van der Waals surface area contributed by atoms with Gasteiger partial charge in [-0.05, 0) is 13.0 Å². The van der Waals surface area contributed by atoms with Crippen LogP contribution in [-0.2, 0) is 7.05 Å². The number of nitrogens with zero attached hydrogens (tertiary/aromatic N) is 4. The van der Waals surface area contributed by atoms with E-state index in [0.29, 0.717) is 5.82 Å². The van der Waals surface area contributed by atoms with Crippen LogP contribution in [0.5, 0.6) is 0 Å². The van der Waals surface area contributed by atoms with Crippen LogP contribution in [0.15, 0.2) is 24.7 Å². The fourth-order valence-corrected chi connectivity index (χ4v) is 1.58. The van der Waals surface area contributed by atoms with E-state index in [4.69, 9.17) is 5.84 Å². The molecule has 2 rings (SSSR count). The predicted molar refractivity (Wildman–Crippen MR) is 59.1 cm³/mol. The molecular weight excluding hydrogens is 204 g/mol. The number of hydrogen-bond donors (Lipinski definition) is 2. The van der Waals surface area contributed by atoms with E-state index < -0.39 is 0 Å². The van der Waals surface area contributed by atoms with Crippen molar-refractivity contribution in [1.82, 2.24) is 24.9 Å². The Balaban J connectivity index is 2.40. The number of rotatable bonds is 3. The third-order valence-corrected chi connectivity index (χ3v) is 2.38. The Hall–Kier alpha value is -1.79. The number of nitrogens with one attached hydrogen (secondary N) is 1. The molecule has 6 heteroatoms. The topological polar surface area (TPSA) is 81.6 Å². The van der Waals surface area contributed by atoms with Gasteiger partial charge >= 0.3 is 0 Å². The molecule has 0 aliphatic carbocycles. The molecule has 3 N–H and O–H groups in total. The Kier molecular flexibility index (Phi) is 2.93. The van der Waals surface area contributed by atoms with Crippen molar-refractivity contribution < 1.29 is 0 Å². The van der Waals surface area contributed by atoms with Gasteiger partial charge in [-0.2, -0.15) is 0 Å². The highest BCUT2D eigenvalue weighted by atomic mass is 15.3. The van der Waals surface area contributed by atoms with Crippen molar-refractivity contribution in [2.45, 2.75) is 13.0 Å². The number of imidazole rings is 1. The smallest absolute Gasteiger partial charge is 0.133 e. The van der Waals surface area contributed by atoms with Crippen LogP contribution in [0.4, 0.5) is 0 Å². The summed E-state index contributed by atoms with van der Waals surface area (Å²) >= 11 is 0. The monoisotopic (exact) mass is 218 g/mol. The predicted octanol–water partition coefficient (Wildman–Crippen LogP) is 0.0712. The lowest BCUT2D eigenvalue weighted by Crippen LogP contribution is -2.31. The van der Waals surface area contributed by atoms with Crippen LogP contribution in [0, 0.1) is 6.92 Å². The Morgan fingerprint density at radius 3 is 2.75 bits per heavy atom. The zero-order valence-corrected chi connectivity index (χ0v) is 9.25. The first-order chi connectivity index (χ1) is 7.72. The summed E-state index contributed by atoms with van der Waals surface area (Å²) in [6.45, 7) is 1.84. The maximum absolute atomic E-state index is 5.55. The number of nitrogens with two attached hydrogens (primary N) is 1. The van der Waals surface area contributed by atoms with Gasteiger partial charge in [0.2, 0.25) is 0 Å². The molecule has 0 fully saturated rings. The first-order valence-corrected chi connectivity index (χ1v) is 4.95. The molecule has 0 aliphatic rings. The average Bonchev–Trinajstić information content (AvgIpc) is 2.67. The molecule has 1 atom stereocenters. The number of hydrazine groups is 1. The Labute approximate surface area is 93.5 Å². The molecule has 6 nitrogen and oxygen atoms in total. The van der Waals surface area contributed by atoms with Crippen molar-refractivity contribution in [3.05, 3.63) is 42.0 Å². The first kappa shape index (κ1) is 10.7. The fourth-order valence-electron chi connectivity index (χ4n) is 1.58. The van der Waals surface area contributed by atoms with Gasteiger partial charge in [-0.25, -0.2) is 20.4 Å². The standard InChI is InChI=1S/C10H14N6/c1-7-12-4-3-8(14-7)9(15-11)10-13-5-6-16(10)2/h3-6,9,15H,11H2,1-2H3. The van der Waals surface area contributed by atoms with E-state index in [1.165, 1.54) is 0 Å². The van der Waals surface area contributed by atoms with Crippen LogP contribution >= 0.6 is 0 Å². The van der Waals surface area contributed by atoms with Crippen LogP contribution < -0.4 is 11.3 Å². The summed E-state index contributed by atoms with van der Waals surface area (Å²) in [6, 6.07) is 1.60. The van der Waals surface area contributed by atoms with Crippen molar-refractivity contribution in [1.29, 1.82) is 0 Å². The van der Waals surface area contributed by atoms with Crippen LogP contribution in [0.1, 0.15) is 23.4 Å². The van der Waals surface area contributed by atoms with Crippen LogP contribution in [0.25, 0.3) is 0 Å². The van der Waals surface area contributed by atoms with Gasteiger partial charge < -0.3 is 4.57 Å². The first-order valence-electron chi connectivity index (χ1n) is 4.95. The van der Waals surface area contributed by atoms with Crippen molar-refractivity contribution >= 4 is 0 Å². The van der Waals surface area contributed by atoms with Crippen molar-refractivity contribution in [3.63, 3.8) is 0 Å². The highest BCUT2D eigenvalue weighted by molar-refractivity contribution is 5.16. The summed E-state index contributed by atoms with van der Waals surface area (Å²) in [4.78, 5) is 12.6. The molecule has 2 aromatic rings. The molecule has 2 heterocycles. The molecule has 0 bridgehead atoms. The van der Waals surface area contributed by atoms with Gasteiger partial charge in [0.1, 0.15) is 17.7 Å². The van der Waals surface area contributed by atoms with Crippen molar-refractivity contribution in [3.8, 4) is 0 Å². The lowest BCUT2D eigenvalue weighted by molar-refractivity contribution is 0.564. The zero-order valence-electron chi connectivity index (χ0n) is 9.25. The van der Waals surface area contributed by atoms with E-state index in [1.807, 2.05) is 30.8 Å². The summed E-state index contributed by atoms with van der Waals surface area (Å²) in [5.41, 5.74) is 3.52. The van der Waals surface area contributed by atoms with E-state index in [1.54, 1.807) is 12.4 Å². The van der Waals surface area contributed by atoms with Crippen molar-refractivity contribution in [2.75, 3.05) is 0 Å². The number of aromatic nitrogens is 4. The van der Waals surface area contributed by atoms with E-state index in [9.17, 15) is 0 Å². The molecule has 2 aromatic heterocycles. The molecule has 0 saturated carbocycles. The largest absolute Gasteiger partial charge is 0.336 e. The molecule has 0 aliphatic heterocycles. The second-order valence-corrected chi connectivity index (χ2v) is 3.52. The minimum Gasteiger partial charge on any atom is -0.336 e. The maximum Gasteiger partial charge on any atom is 0.133 e. The molecule has 0 radical (unpaired) electrons. The van der Waals surface area contributed by atoms with Crippen LogP contribution in [0.2, 0.25) is 0 Å². The van der Waals surface area contributed by atoms with E-state index >= 15 is 0 Å². The maximum atomic E-state index is 5.55. The lowest BCUT2D eigenvalue weighted by atomic mass is 10.2. The number of aryl methyl sites for hydroxylation is 2. The summed E-state index contributed by atoms with van der Waals surface area (Å²) in [7, 11) is 1.92. The Morgan fingerprint density at radius 1 is 1.38 bits per heavy atom. The minimum absolute atomic E-state index is 0.221. The zero-order chi connectivity index (χ0) is 11.5. The normalized spacial score (nSPS) is 12.7. The van der Waals surface area contributed by atoms with E-state index in [2.05, 4.69) is 20.4 Å². The minimum atomic E-state index is -0.221. The molecule has 0 saturated heterocycles. The summed E-state index contributed by atoms with van der Waals surface area (Å²) < 4.78 is 1.90. The lowest BCUT2D eigenvalue weighted by Gasteiger charge is -2.15. The number of hydrogen-bond acceptors (Lipinski definition) is 5. The van der Waals surface area contributed by atoms with E-state index in [-0.39, 0.29) is 6.04 Å². The highest BCUT2D eigenvalue weighted by Crippen LogP contribution is 2.16. The third kappa shape index (κ3) is 1.93. The highest BCUT2D eigenvalue weighted by Gasteiger charge is 2.17. The average molecular weight is 218 g/mol. The molecule has 0 spiro atoms. The molecule has 84 valence electrons.